The number of aromatic hydroxyl groups is 1. The van der Waals surface area contributed by atoms with E-state index in [1.807, 2.05) is 0 Å². The molecule has 6 heteroatoms. The number of carboxylic acids is 1. The van der Waals surface area contributed by atoms with E-state index < -0.39 is 17.4 Å². The van der Waals surface area contributed by atoms with E-state index in [2.05, 4.69) is 5.32 Å². The third-order valence-electron chi connectivity index (χ3n) is 2.50. The maximum atomic E-state index is 11.2. The number of alkyl halides is 1. The Kier molecular flexibility index (Phi) is 4.55. The van der Waals surface area contributed by atoms with E-state index in [9.17, 15) is 14.7 Å². The van der Waals surface area contributed by atoms with Crippen LogP contribution in [0.3, 0.4) is 0 Å². The second-order valence-electron chi connectivity index (χ2n) is 4.16. The summed E-state index contributed by atoms with van der Waals surface area (Å²) in [7, 11) is 0. The van der Waals surface area contributed by atoms with E-state index in [-0.39, 0.29) is 18.1 Å². The molecular formula is C12H14ClNO4. The number of hydrogen-bond acceptors (Lipinski definition) is 3. The van der Waals surface area contributed by atoms with Crippen molar-refractivity contribution in [2.75, 3.05) is 5.88 Å². The Bertz CT molecular complexity index is 446. The van der Waals surface area contributed by atoms with E-state index in [0.29, 0.717) is 5.56 Å². The lowest BCUT2D eigenvalue weighted by atomic mass is 9.92. The zero-order valence-electron chi connectivity index (χ0n) is 9.81. The highest BCUT2D eigenvalue weighted by Crippen LogP contribution is 2.17. The molecule has 1 aromatic rings. The van der Waals surface area contributed by atoms with Gasteiger partial charge < -0.3 is 15.5 Å². The van der Waals surface area contributed by atoms with Crippen LogP contribution in [0, 0.1) is 0 Å². The molecule has 1 atom stereocenters. The maximum absolute atomic E-state index is 11.2. The van der Waals surface area contributed by atoms with Crippen molar-refractivity contribution in [1.29, 1.82) is 0 Å². The van der Waals surface area contributed by atoms with Gasteiger partial charge in [-0.15, -0.1) is 11.6 Å². The van der Waals surface area contributed by atoms with Crippen LogP contribution in [-0.2, 0) is 16.0 Å². The molecule has 0 fully saturated rings. The van der Waals surface area contributed by atoms with Crippen LogP contribution in [-0.4, -0.2) is 33.5 Å². The van der Waals surface area contributed by atoms with Crippen LogP contribution >= 0.6 is 11.6 Å². The highest BCUT2D eigenvalue weighted by Gasteiger charge is 2.34. The number of aliphatic carboxylic acids is 1. The number of rotatable bonds is 5. The Labute approximate surface area is 109 Å². The average molecular weight is 272 g/mol. The van der Waals surface area contributed by atoms with Crippen molar-refractivity contribution < 1.29 is 19.8 Å². The SMILES string of the molecule is C[C@](Cc1ccc(O)cc1)(NC(=O)CCl)C(=O)O. The van der Waals surface area contributed by atoms with Gasteiger partial charge in [0.15, 0.2) is 0 Å². The van der Waals surface area contributed by atoms with E-state index in [1.165, 1.54) is 19.1 Å². The zero-order valence-corrected chi connectivity index (χ0v) is 10.6. The smallest absolute Gasteiger partial charge is 0.329 e. The first-order valence-corrected chi connectivity index (χ1v) is 5.79. The van der Waals surface area contributed by atoms with Crippen molar-refractivity contribution in [3.63, 3.8) is 0 Å². The molecule has 18 heavy (non-hydrogen) atoms. The number of phenolic OH excluding ortho intramolecular Hbond substituents is 1. The van der Waals surface area contributed by atoms with Gasteiger partial charge in [-0.25, -0.2) is 4.79 Å². The van der Waals surface area contributed by atoms with Crippen molar-refractivity contribution in [1.82, 2.24) is 5.32 Å². The predicted octanol–water partition coefficient (Wildman–Crippen LogP) is 1.13. The molecule has 0 saturated heterocycles. The van der Waals surface area contributed by atoms with Gasteiger partial charge in [0, 0.05) is 6.42 Å². The van der Waals surface area contributed by atoms with Gasteiger partial charge in [-0.05, 0) is 24.6 Å². The predicted molar refractivity (Wildman–Crippen MR) is 66.7 cm³/mol. The van der Waals surface area contributed by atoms with E-state index in [4.69, 9.17) is 16.7 Å². The lowest BCUT2D eigenvalue weighted by molar-refractivity contribution is -0.146. The molecule has 0 saturated carbocycles. The number of benzene rings is 1. The minimum atomic E-state index is -1.43. The Morgan fingerprint density at radius 3 is 2.33 bits per heavy atom. The van der Waals surface area contributed by atoms with Gasteiger partial charge in [-0.2, -0.15) is 0 Å². The summed E-state index contributed by atoms with van der Waals surface area (Å²) in [6.07, 6.45) is 0.102. The van der Waals surface area contributed by atoms with Crippen molar-refractivity contribution in [3.8, 4) is 5.75 Å². The number of hydrogen-bond donors (Lipinski definition) is 3. The molecule has 0 heterocycles. The van der Waals surface area contributed by atoms with E-state index in [0.717, 1.165) is 0 Å². The Hall–Kier alpha value is -1.75. The lowest BCUT2D eigenvalue weighted by Crippen LogP contribution is -2.54. The fourth-order valence-corrected chi connectivity index (χ4v) is 1.60. The van der Waals surface area contributed by atoms with Crippen LogP contribution in [0.15, 0.2) is 24.3 Å². The standard InChI is InChI=1S/C12H14ClNO4/c1-12(11(17)18,14-10(16)7-13)6-8-2-4-9(15)5-3-8/h2-5,15H,6-7H2,1H3,(H,14,16)(H,17,18)/t12-/m1/s1. The zero-order chi connectivity index (χ0) is 13.8. The number of carboxylic acid groups (broad SMARTS) is 1. The van der Waals surface area contributed by atoms with Gasteiger partial charge in [0.2, 0.25) is 5.91 Å². The molecule has 5 nitrogen and oxygen atoms in total. The highest BCUT2D eigenvalue weighted by atomic mass is 35.5. The molecule has 0 unspecified atom stereocenters. The molecule has 0 spiro atoms. The molecular weight excluding hydrogens is 258 g/mol. The summed E-state index contributed by atoms with van der Waals surface area (Å²) in [5.74, 6) is -1.88. The van der Waals surface area contributed by atoms with Gasteiger partial charge in [0.25, 0.3) is 0 Å². The molecule has 3 N–H and O–H groups in total. The van der Waals surface area contributed by atoms with Gasteiger partial charge in [-0.3, -0.25) is 4.79 Å². The largest absolute Gasteiger partial charge is 0.508 e. The van der Waals surface area contributed by atoms with Crippen LogP contribution < -0.4 is 5.32 Å². The Morgan fingerprint density at radius 2 is 1.89 bits per heavy atom. The van der Waals surface area contributed by atoms with E-state index in [1.54, 1.807) is 12.1 Å². The molecule has 0 bridgehead atoms. The molecule has 1 aromatic carbocycles. The molecule has 98 valence electrons. The molecule has 0 aromatic heterocycles. The van der Waals surface area contributed by atoms with Crippen molar-refractivity contribution in [2.24, 2.45) is 0 Å². The number of carbonyl (C=O) groups is 2. The third-order valence-corrected chi connectivity index (χ3v) is 2.75. The van der Waals surface area contributed by atoms with Crippen LogP contribution in [0.4, 0.5) is 0 Å². The first-order chi connectivity index (χ1) is 8.37. The fraction of sp³-hybridized carbons (Fsp3) is 0.333. The second-order valence-corrected chi connectivity index (χ2v) is 4.43. The highest BCUT2D eigenvalue weighted by molar-refractivity contribution is 6.27. The van der Waals surface area contributed by atoms with Gasteiger partial charge in [-0.1, -0.05) is 12.1 Å². The Balaban J connectivity index is 2.89. The minimum absolute atomic E-state index is 0.0978. The van der Waals surface area contributed by atoms with Crippen molar-refractivity contribution >= 4 is 23.5 Å². The van der Waals surface area contributed by atoms with Crippen LogP contribution in [0.5, 0.6) is 5.75 Å². The number of halogens is 1. The summed E-state index contributed by atoms with van der Waals surface area (Å²) < 4.78 is 0. The van der Waals surface area contributed by atoms with Crippen molar-refractivity contribution in [2.45, 2.75) is 18.9 Å². The summed E-state index contributed by atoms with van der Waals surface area (Å²) >= 11 is 5.35. The summed E-state index contributed by atoms with van der Waals surface area (Å²) in [6.45, 7) is 1.41. The summed E-state index contributed by atoms with van der Waals surface area (Å²) in [6, 6.07) is 6.12. The summed E-state index contributed by atoms with van der Waals surface area (Å²) in [4.78, 5) is 22.5. The molecule has 0 aliphatic rings. The normalized spacial score (nSPS) is 13.7. The quantitative estimate of drug-likeness (QED) is 0.701. The van der Waals surface area contributed by atoms with E-state index >= 15 is 0 Å². The van der Waals surface area contributed by atoms with Gasteiger partial charge in [0.1, 0.15) is 17.2 Å². The number of carbonyl (C=O) groups excluding carboxylic acids is 1. The summed E-state index contributed by atoms with van der Waals surface area (Å²) in [5.41, 5.74) is -0.740. The summed E-state index contributed by atoms with van der Waals surface area (Å²) in [5, 5.41) is 20.7. The van der Waals surface area contributed by atoms with Crippen molar-refractivity contribution in [3.05, 3.63) is 29.8 Å². The van der Waals surface area contributed by atoms with Gasteiger partial charge >= 0.3 is 5.97 Å². The first-order valence-electron chi connectivity index (χ1n) is 5.25. The second kappa shape index (κ2) is 5.73. The molecule has 0 radical (unpaired) electrons. The fourth-order valence-electron chi connectivity index (χ4n) is 1.54. The number of phenols is 1. The maximum Gasteiger partial charge on any atom is 0.329 e. The van der Waals surface area contributed by atoms with Gasteiger partial charge in [0.05, 0.1) is 0 Å². The molecule has 0 aliphatic carbocycles. The number of nitrogens with one attached hydrogen (secondary N) is 1. The number of amides is 1. The monoisotopic (exact) mass is 271 g/mol. The topological polar surface area (TPSA) is 86.6 Å². The average Bonchev–Trinajstić information content (AvgIpc) is 2.31. The lowest BCUT2D eigenvalue weighted by Gasteiger charge is -2.26. The third kappa shape index (κ3) is 3.63. The molecule has 0 aliphatic heterocycles. The van der Waals surface area contributed by atoms with Crippen LogP contribution in [0.1, 0.15) is 12.5 Å². The Morgan fingerprint density at radius 1 is 1.33 bits per heavy atom. The van der Waals surface area contributed by atoms with Crippen LogP contribution in [0.25, 0.3) is 0 Å². The molecule has 1 amide bonds. The molecule has 1 rings (SSSR count). The minimum Gasteiger partial charge on any atom is -0.508 e. The van der Waals surface area contributed by atoms with Crippen LogP contribution in [0.2, 0.25) is 0 Å². The first kappa shape index (κ1) is 14.3.